The van der Waals surface area contributed by atoms with Gasteiger partial charge in [-0.15, -0.1) is 11.6 Å². The van der Waals surface area contributed by atoms with Crippen molar-refractivity contribution in [2.24, 2.45) is 11.8 Å². The van der Waals surface area contributed by atoms with Crippen LogP contribution in [0.15, 0.2) is 0 Å². The summed E-state index contributed by atoms with van der Waals surface area (Å²) in [7, 11) is 0. The van der Waals surface area contributed by atoms with Gasteiger partial charge in [0.1, 0.15) is 0 Å². The maximum absolute atomic E-state index is 10.2. The topological polar surface area (TPSA) is 20.2 Å². The number of halogens is 1. The van der Waals surface area contributed by atoms with Crippen molar-refractivity contribution in [3.8, 4) is 0 Å². The average Bonchev–Trinajstić information content (AvgIpc) is 2.13. The minimum atomic E-state index is -0.434. The van der Waals surface area contributed by atoms with Crippen LogP contribution in [-0.2, 0) is 0 Å². The van der Waals surface area contributed by atoms with Gasteiger partial charge in [0, 0.05) is 5.38 Å². The predicted molar refractivity (Wildman–Crippen MR) is 54.9 cm³/mol. The number of aliphatic hydroxyl groups is 1. The summed E-state index contributed by atoms with van der Waals surface area (Å²) < 4.78 is 0. The molecular formula is C11H19ClO. The minimum absolute atomic E-state index is 0.325. The van der Waals surface area contributed by atoms with E-state index in [1.807, 2.05) is 6.92 Å². The highest BCUT2D eigenvalue weighted by Gasteiger charge is 2.45. The van der Waals surface area contributed by atoms with E-state index in [1.165, 1.54) is 25.7 Å². The lowest BCUT2D eigenvalue weighted by Crippen LogP contribution is -2.48. The smallest absolute Gasteiger partial charge is 0.0651 e. The number of hydrogen-bond acceptors (Lipinski definition) is 1. The van der Waals surface area contributed by atoms with E-state index in [1.54, 1.807) is 0 Å². The summed E-state index contributed by atoms with van der Waals surface area (Å²) in [6, 6.07) is 0. The molecule has 76 valence electrons. The summed E-state index contributed by atoms with van der Waals surface area (Å²) in [4.78, 5) is 0. The van der Waals surface area contributed by atoms with Crippen LogP contribution >= 0.6 is 11.6 Å². The summed E-state index contributed by atoms with van der Waals surface area (Å²) in [6.45, 7) is 2.00. The molecule has 13 heavy (non-hydrogen) atoms. The van der Waals surface area contributed by atoms with E-state index in [4.69, 9.17) is 11.6 Å². The van der Waals surface area contributed by atoms with Gasteiger partial charge in [-0.2, -0.15) is 0 Å². The maximum atomic E-state index is 10.2. The van der Waals surface area contributed by atoms with Gasteiger partial charge in [0.25, 0.3) is 0 Å². The van der Waals surface area contributed by atoms with Crippen LogP contribution in [0.2, 0.25) is 0 Å². The van der Waals surface area contributed by atoms with Crippen molar-refractivity contribution in [2.75, 3.05) is 0 Å². The van der Waals surface area contributed by atoms with E-state index < -0.39 is 5.60 Å². The highest BCUT2D eigenvalue weighted by Crippen LogP contribution is 2.47. The predicted octanol–water partition coefficient (Wildman–Crippen LogP) is 2.95. The molecule has 0 aromatic carbocycles. The number of alkyl halides is 1. The SMILES string of the molecule is C[C@]1(O)CC[C@@H](Cl)[C@@H]2CCCC[C@H]21. The summed E-state index contributed by atoms with van der Waals surface area (Å²) in [6.07, 6.45) is 6.88. The van der Waals surface area contributed by atoms with Crippen molar-refractivity contribution in [1.29, 1.82) is 0 Å². The highest BCUT2D eigenvalue weighted by molar-refractivity contribution is 6.20. The van der Waals surface area contributed by atoms with Crippen LogP contribution in [-0.4, -0.2) is 16.1 Å². The van der Waals surface area contributed by atoms with Crippen LogP contribution in [0.4, 0.5) is 0 Å². The Labute approximate surface area is 85.5 Å². The van der Waals surface area contributed by atoms with Gasteiger partial charge in [-0.1, -0.05) is 12.8 Å². The molecule has 2 saturated carbocycles. The Kier molecular flexibility index (Phi) is 2.59. The molecule has 0 saturated heterocycles. The normalized spacial score (nSPS) is 51.5. The highest BCUT2D eigenvalue weighted by atomic mass is 35.5. The van der Waals surface area contributed by atoms with Crippen molar-refractivity contribution >= 4 is 11.6 Å². The largest absolute Gasteiger partial charge is 0.390 e. The number of hydrogen-bond donors (Lipinski definition) is 1. The molecule has 0 spiro atoms. The van der Waals surface area contributed by atoms with Crippen LogP contribution in [0.25, 0.3) is 0 Å². The van der Waals surface area contributed by atoms with Gasteiger partial charge in [-0.25, -0.2) is 0 Å². The number of fused-ring (bicyclic) bond motifs is 1. The van der Waals surface area contributed by atoms with E-state index in [2.05, 4.69) is 0 Å². The number of rotatable bonds is 0. The average molecular weight is 203 g/mol. The molecule has 2 heteroatoms. The standard InChI is InChI=1S/C11H19ClO/c1-11(13)7-6-10(12)8-4-2-3-5-9(8)11/h8-10,13H,2-7H2,1H3/t8-,9-,10-,11+/m1/s1. The van der Waals surface area contributed by atoms with Crippen LogP contribution in [0.1, 0.15) is 45.4 Å². The van der Waals surface area contributed by atoms with Crippen molar-refractivity contribution in [3.63, 3.8) is 0 Å². The molecule has 0 bridgehead atoms. The summed E-state index contributed by atoms with van der Waals surface area (Å²) >= 11 is 6.31. The van der Waals surface area contributed by atoms with Crippen molar-refractivity contribution in [2.45, 2.75) is 56.4 Å². The maximum Gasteiger partial charge on any atom is 0.0651 e. The molecule has 2 rings (SSSR count). The van der Waals surface area contributed by atoms with Crippen molar-refractivity contribution < 1.29 is 5.11 Å². The third-order valence-corrected chi connectivity index (χ3v) is 4.55. The zero-order valence-electron chi connectivity index (χ0n) is 8.30. The first-order valence-corrected chi connectivity index (χ1v) is 5.91. The Morgan fingerprint density at radius 3 is 2.62 bits per heavy atom. The van der Waals surface area contributed by atoms with E-state index in [9.17, 15) is 5.11 Å². The third kappa shape index (κ3) is 1.73. The molecule has 0 unspecified atom stereocenters. The lowest BCUT2D eigenvalue weighted by molar-refractivity contribution is -0.0721. The van der Waals surface area contributed by atoms with Crippen molar-refractivity contribution in [1.82, 2.24) is 0 Å². The van der Waals surface area contributed by atoms with Crippen LogP contribution in [0, 0.1) is 11.8 Å². The Balaban J connectivity index is 2.14. The molecule has 0 amide bonds. The molecule has 0 radical (unpaired) electrons. The molecule has 0 heterocycles. The Morgan fingerprint density at radius 1 is 1.23 bits per heavy atom. The molecule has 0 aromatic heterocycles. The molecule has 1 nitrogen and oxygen atoms in total. The van der Waals surface area contributed by atoms with Gasteiger partial charge in [-0.05, 0) is 44.4 Å². The van der Waals surface area contributed by atoms with Gasteiger partial charge in [0.15, 0.2) is 0 Å². The van der Waals surface area contributed by atoms with Gasteiger partial charge in [0.05, 0.1) is 5.60 Å². The van der Waals surface area contributed by atoms with Crippen LogP contribution in [0.5, 0.6) is 0 Å². The fourth-order valence-electron chi connectivity index (χ4n) is 3.19. The van der Waals surface area contributed by atoms with Crippen LogP contribution < -0.4 is 0 Å². The van der Waals surface area contributed by atoms with E-state index in [-0.39, 0.29) is 0 Å². The first-order valence-electron chi connectivity index (χ1n) is 5.48. The Morgan fingerprint density at radius 2 is 1.92 bits per heavy atom. The summed E-state index contributed by atoms with van der Waals surface area (Å²) in [5.74, 6) is 1.05. The lowest BCUT2D eigenvalue weighted by atomic mass is 9.63. The minimum Gasteiger partial charge on any atom is -0.390 e. The zero-order valence-corrected chi connectivity index (χ0v) is 9.06. The van der Waals surface area contributed by atoms with Gasteiger partial charge in [-0.3, -0.25) is 0 Å². The van der Waals surface area contributed by atoms with E-state index in [0.29, 0.717) is 17.2 Å². The van der Waals surface area contributed by atoms with Gasteiger partial charge >= 0.3 is 0 Å². The fraction of sp³-hybridized carbons (Fsp3) is 1.00. The molecule has 0 aliphatic heterocycles. The molecule has 1 N–H and O–H groups in total. The molecular weight excluding hydrogens is 184 g/mol. The molecule has 2 aliphatic carbocycles. The Bertz CT molecular complexity index is 191. The van der Waals surface area contributed by atoms with Crippen LogP contribution in [0.3, 0.4) is 0 Å². The third-order valence-electron chi connectivity index (χ3n) is 4.01. The van der Waals surface area contributed by atoms with E-state index >= 15 is 0 Å². The summed E-state index contributed by atoms with van der Waals surface area (Å²) in [5.41, 5.74) is -0.434. The Hall–Kier alpha value is 0.250. The second kappa shape index (κ2) is 3.43. The second-order valence-electron chi connectivity index (χ2n) is 4.97. The first kappa shape index (κ1) is 9.79. The molecule has 0 aromatic rings. The quantitative estimate of drug-likeness (QED) is 0.599. The monoisotopic (exact) mass is 202 g/mol. The first-order chi connectivity index (χ1) is 6.11. The van der Waals surface area contributed by atoms with Crippen molar-refractivity contribution in [3.05, 3.63) is 0 Å². The summed E-state index contributed by atoms with van der Waals surface area (Å²) in [5, 5.41) is 10.6. The molecule has 2 fully saturated rings. The van der Waals surface area contributed by atoms with Gasteiger partial charge in [0.2, 0.25) is 0 Å². The molecule has 4 atom stereocenters. The van der Waals surface area contributed by atoms with Gasteiger partial charge < -0.3 is 5.11 Å². The fourth-order valence-corrected chi connectivity index (χ4v) is 3.60. The van der Waals surface area contributed by atoms with E-state index in [0.717, 1.165) is 12.8 Å². The lowest BCUT2D eigenvalue weighted by Gasteiger charge is -2.47. The molecule has 2 aliphatic rings. The second-order valence-corrected chi connectivity index (χ2v) is 5.53. The zero-order chi connectivity index (χ0) is 9.47.